The molecule has 1 aliphatic heterocycles. The summed E-state index contributed by atoms with van der Waals surface area (Å²) in [7, 11) is 0. The molecule has 3 aromatic rings. The fourth-order valence-electron chi connectivity index (χ4n) is 3.08. The Morgan fingerprint density at radius 2 is 1.90 bits per heavy atom. The Balaban J connectivity index is 1.48. The van der Waals surface area contributed by atoms with Crippen LogP contribution in [0.15, 0.2) is 42.5 Å². The molecule has 2 heterocycles. The SMILES string of the molecule is Cc1nc(-c2ccc(C(F)(F)F)cc2)sc1COc1ccc2c(c1)NC(=O)CC2. The van der Waals surface area contributed by atoms with E-state index in [9.17, 15) is 18.0 Å². The van der Waals surface area contributed by atoms with Gasteiger partial charge in [0.15, 0.2) is 0 Å². The summed E-state index contributed by atoms with van der Waals surface area (Å²) >= 11 is 1.39. The van der Waals surface area contributed by atoms with E-state index in [1.54, 1.807) is 6.07 Å². The van der Waals surface area contributed by atoms with E-state index >= 15 is 0 Å². The van der Waals surface area contributed by atoms with E-state index in [4.69, 9.17) is 4.74 Å². The number of fused-ring (bicyclic) bond motifs is 1. The number of amides is 1. The fourth-order valence-corrected chi connectivity index (χ4v) is 4.06. The molecular weight excluding hydrogens is 401 g/mol. The minimum absolute atomic E-state index is 0.00543. The van der Waals surface area contributed by atoms with E-state index in [1.807, 2.05) is 19.1 Å². The molecule has 0 saturated heterocycles. The van der Waals surface area contributed by atoms with Crippen LogP contribution >= 0.6 is 11.3 Å². The monoisotopic (exact) mass is 418 g/mol. The van der Waals surface area contributed by atoms with Gasteiger partial charge in [0.25, 0.3) is 0 Å². The molecule has 8 heteroatoms. The number of carbonyl (C=O) groups is 1. The number of thiazole rings is 1. The van der Waals surface area contributed by atoms with Crippen molar-refractivity contribution in [3.8, 4) is 16.3 Å². The van der Waals surface area contributed by atoms with Crippen LogP contribution < -0.4 is 10.1 Å². The van der Waals surface area contributed by atoms with Crippen molar-refractivity contribution >= 4 is 22.9 Å². The second-order valence-corrected chi connectivity index (χ2v) is 7.84. The topological polar surface area (TPSA) is 51.2 Å². The van der Waals surface area contributed by atoms with Crippen LogP contribution in [-0.2, 0) is 24.0 Å². The first-order valence-electron chi connectivity index (χ1n) is 8.99. The number of aromatic nitrogens is 1. The first-order valence-corrected chi connectivity index (χ1v) is 9.81. The molecule has 0 unspecified atom stereocenters. The molecule has 4 rings (SSSR count). The summed E-state index contributed by atoms with van der Waals surface area (Å²) in [4.78, 5) is 16.9. The molecule has 4 nitrogen and oxygen atoms in total. The minimum atomic E-state index is -4.36. The molecule has 1 aromatic heterocycles. The molecule has 0 atom stereocenters. The normalized spacial score (nSPS) is 13.7. The Labute approximate surface area is 169 Å². The third-order valence-corrected chi connectivity index (χ3v) is 5.88. The van der Waals surface area contributed by atoms with E-state index in [0.717, 1.165) is 34.0 Å². The van der Waals surface area contributed by atoms with Gasteiger partial charge in [-0.15, -0.1) is 11.3 Å². The van der Waals surface area contributed by atoms with Crippen molar-refractivity contribution < 1.29 is 22.7 Å². The molecule has 0 bridgehead atoms. The molecule has 1 amide bonds. The molecule has 150 valence electrons. The van der Waals surface area contributed by atoms with Crippen LogP contribution in [0.5, 0.6) is 5.75 Å². The predicted octanol–water partition coefficient (Wildman–Crippen LogP) is 5.60. The average Bonchev–Trinajstić information content (AvgIpc) is 3.06. The summed E-state index contributed by atoms with van der Waals surface area (Å²) in [6.45, 7) is 2.13. The Kier molecular flexibility index (Phi) is 5.04. The van der Waals surface area contributed by atoms with Crippen LogP contribution in [0.25, 0.3) is 10.6 Å². The van der Waals surface area contributed by atoms with Crippen molar-refractivity contribution in [1.82, 2.24) is 4.98 Å². The van der Waals surface area contributed by atoms with Gasteiger partial charge in [-0.2, -0.15) is 13.2 Å². The first-order chi connectivity index (χ1) is 13.8. The average molecular weight is 418 g/mol. The number of nitrogens with one attached hydrogen (secondary N) is 1. The lowest BCUT2D eigenvalue weighted by molar-refractivity contribution is -0.137. The Hall–Kier alpha value is -2.87. The molecule has 0 aliphatic carbocycles. The van der Waals surface area contributed by atoms with Crippen LogP contribution in [0.4, 0.5) is 18.9 Å². The number of hydrogen-bond acceptors (Lipinski definition) is 4. The first kappa shape index (κ1) is 19.4. The molecule has 1 N–H and O–H groups in total. The quantitative estimate of drug-likeness (QED) is 0.600. The van der Waals surface area contributed by atoms with E-state index in [2.05, 4.69) is 10.3 Å². The number of alkyl halides is 3. The number of carbonyl (C=O) groups excluding carboxylic acids is 1. The van der Waals surface area contributed by atoms with Gasteiger partial charge in [-0.25, -0.2) is 4.98 Å². The molecule has 0 spiro atoms. The van der Waals surface area contributed by atoms with Crippen molar-refractivity contribution in [3.63, 3.8) is 0 Å². The van der Waals surface area contributed by atoms with Crippen LogP contribution in [0.1, 0.15) is 28.1 Å². The number of anilines is 1. The summed E-state index contributed by atoms with van der Waals surface area (Å²) in [6, 6.07) is 10.6. The van der Waals surface area contributed by atoms with Gasteiger partial charge in [0.2, 0.25) is 5.91 Å². The third-order valence-electron chi connectivity index (χ3n) is 4.70. The predicted molar refractivity (Wildman–Crippen MR) is 105 cm³/mol. The zero-order valence-electron chi connectivity index (χ0n) is 15.5. The molecule has 0 saturated carbocycles. The Morgan fingerprint density at radius 3 is 2.62 bits per heavy atom. The molecule has 2 aromatic carbocycles. The highest BCUT2D eigenvalue weighted by Crippen LogP contribution is 2.34. The van der Waals surface area contributed by atoms with Gasteiger partial charge in [-0.05, 0) is 37.1 Å². The summed E-state index contributed by atoms with van der Waals surface area (Å²) in [6.07, 6.45) is -3.16. The lowest BCUT2D eigenvalue weighted by Crippen LogP contribution is -2.18. The van der Waals surface area contributed by atoms with E-state index < -0.39 is 11.7 Å². The number of aryl methyl sites for hydroxylation is 2. The minimum Gasteiger partial charge on any atom is -0.488 e. The second-order valence-electron chi connectivity index (χ2n) is 6.76. The number of ether oxygens (including phenoxy) is 1. The summed E-state index contributed by atoms with van der Waals surface area (Å²) < 4.78 is 44.0. The van der Waals surface area contributed by atoms with Crippen LogP contribution in [0, 0.1) is 6.92 Å². The summed E-state index contributed by atoms with van der Waals surface area (Å²) in [5.41, 5.74) is 2.57. The zero-order chi connectivity index (χ0) is 20.6. The fraction of sp³-hybridized carbons (Fsp3) is 0.238. The molecular formula is C21H17F3N2O2S. The molecule has 0 fully saturated rings. The summed E-state index contributed by atoms with van der Waals surface area (Å²) in [5.74, 6) is 0.629. The zero-order valence-corrected chi connectivity index (χ0v) is 16.3. The van der Waals surface area contributed by atoms with Crippen molar-refractivity contribution in [2.45, 2.75) is 32.5 Å². The molecule has 0 radical (unpaired) electrons. The molecule has 1 aliphatic rings. The highest BCUT2D eigenvalue weighted by Gasteiger charge is 2.30. The highest BCUT2D eigenvalue weighted by atomic mass is 32.1. The van der Waals surface area contributed by atoms with E-state index in [0.29, 0.717) is 29.2 Å². The number of benzene rings is 2. The van der Waals surface area contributed by atoms with Gasteiger partial charge < -0.3 is 10.1 Å². The van der Waals surface area contributed by atoms with E-state index in [-0.39, 0.29) is 12.5 Å². The van der Waals surface area contributed by atoms with Gasteiger partial charge in [-0.1, -0.05) is 18.2 Å². The highest BCUT2D eigenvalue weighted by molar-refractivity contribution is 7.15. The standard InChI is InChI=1S/C21H17F3N2O2S/c1-12-18(11-28-16-8-4-13-5-9-19(27)26-17(13)10-16)29-20(25-12)14-2-6-15(7-3-14)21(22,23)24/h2-4,6-8,10H,5,9,11H2,1H3,(H,26,27). The van der Waals surface area contributed by atoms with Crippen molar-refractivity contribution in [2.75, 3.05) is 5.32 Å². The number of halogens is 3. The Morgan fingerprint density at radius 1 is 1.14 bits per heavy atom. The number of nitrogens with zero attached hydrogens (tertiary/aromatic N) is 1. The smallest absolute Gasteiger partial charge is 0.416 e. The number of hydrogen-bond donors (Lipinski definition) is 1. The maximum Gasteiger partial charge on any atom is 0.416 e. The maximum atomic E-state index is 12.7. The van der Waals surface area contributed by atoms with Gasteiger partial charge in [0.1, 0.15) is 17.4 Å². The van der Waals surface area contributed by atoms with Gasteiger partial charge in [0.05, 0.1) is 16.1 Å². The van der Waals surface area contributed by atoms with Crippen LogP contribution in [0.3, 0.4) is 0 Å². The maximum absolute atomic E-state index is 12.7. The van der Waals surface area contributed by atoms with Gasteiger partial charge in [-0.3, -0.25) is 4.79 Å². The van der Waals surface area contributed by atoms with E-state index in [1.165, 1.54) is 23.5 Å². The third kappa shape index (κ3) is 4.27. The van der Waals surface area contributed by atoms with Crippen molar-refractivity contribution in [2.24, 2.45) is 0 Å². The van der Waals surface area contributed by atoms with Gasteiger partial charge in [0, 0.05) is 23.7 Å². The lowest BCUT2D eigenvalue weighted by Gasteiger charge is -2.17. The largest absolute Gasteiger partial charge is 0.488 e. The van der Waals surface area contributed by atoms with Gasteiger partial charge >= 0.3 is 6.18 Å². The summed E-state index contributed by atoms with van der Waals surface area (Å²) in [5, 5.41) is 3.49. The van der Waals surface area contributed by atoms with Crippen molar-refractivity contribution in [1.29, 1.82) is 0 Å². The molecule has 29 heavy (non-hydrogen) atoms. The van der Waals surface area contributed by atoms with Crippen LogP contribution in [0.2, 0.25) is 0 Å². The lowest BCUT2D eigenvalue weighted by atomic mass is 10.0. The number of rotatable bonds is 4. The second kappa shape index (κ2) is 7.51. The van der Waals surface area contributed by atoms with Crippen LogP contribution in [-0.4, -0.2) is 10.9 Å². The van der Waals surface area contributed by atoms with Crippen molar-refractivity contribution in [3.05, 3.63) is 64.2 Å². The Bertz CT molecular complexity index is 1060.